The van der Waals surface area contributed by atoms with Crippen LogP contribution in [0.15, 0.2) is 15.0 Å². The predicted molar refractivity (Wildman–Crippen MR) is 98.8 cm³/mol. The molecule has 7 heteroatoms. The fourth-order valence-electron chi connectivity index (χ4n) is 2.97. The Bertz CT molecular complexity index is 534. The van der Waals surface area contributed by atoms with Crippen LogP contribution in [0, 0.1) is 0 Å². The van der Waals surface area contributed by atoms with Gasteiger partial charge in [-0.15, -0.1) is 0 Å². The molecule has 3 aliphatic heterocycles. The molecular formula is C18H30N4O3. The first-order valence-electron chi connectivity index (χ1n) is 8.89. The first-order chi connectivity index (χ1) is 11.5. The summed E-state index contributed by atoms with van der Waals surface area (Å²) in [5.41, 5.74) is -0.477. The van der Waals surface area contributed by atoms with Gasteiger partial charge >= 0.3 is 0 Å². The highest BCUT2D eigenvalue weighted by molar-refractivity contribution is 5.86. The Hall–Kier alpha value is -1.63. The quantitative estimate of drug-likeness (QED) is 0.734. The van der Waals surface area contributed by atoms with Crippen LogP contribution in [0.3, 0.4) is 0 Å². The summed E-state index contributed by atoms with van der Waals surface area (Å²) in [6.45, 7) is 16.1. The number of nitrogens with zero attached hydrogens (tertiary/aromatic N) is 4. The second-order valence-electron chi connectivity index (χ2n) is 8.97. The van der Waals surface area contributed by atoms with Crippen molar-refractivity contribution in [1.29, 1.82) is 0 Å². The summed E-state index contributed by atoms with van der Waals surface area (Å²) in [7, 11) is 0. The summed E-state index contributed by atoms with van der Waals surface area (Å²) in [6, 6.07) is 0. The minimum atomic E-state index is -0.159. The molecule has 0 amide bonds. The molecule has 0 N–H and O–H groups in total. The minimum absolute atomic E-state index is 0.159. The maximum Gasteiger partial charge on any atom is 0.198 e. The zero-order valence-electron chi connectivity index (χ0n) is 16.3. The zero-order chi connectivity index (χ0) is 18.3. The van der Waals surface area contributed by atoms with E-state index in [0.29, 0.717) is 39.5 Å². The van der Waals surface area contributed by atoms with Gasteiger partial charge in [-0.25, -0.2) is 15.0 Å². The molecule has 0 bridgehead atoms. The average molecular weight is 350 g/mol. The van der Waals surface area contributed by atoms with Gasteiger partial charge < -0.3 is 14.2 Å². The van der Waals surface area contributed by atoms with E-state index in [9.17, 15) is 0 Å². The van der Waals surface area contributed by atoms with Gasteiger partial charge in [-0.2, -0.15) is 0 Å². The summed E-state index contributed by atoms with van der Waals surface area (Å²) in [6.07, 6.45) is 0. The van der Waals surface area contributed by atoms with Crippen molar-refractivity contribution in [3.8, 4) is 0 Å². The van der Waals surface area contributed by atoms with Crippen LogP contribution in [0.1, 0.15) is 41.5 Å². The van der Waals surface area contributed by atoms with E-state index in [1.165, 1.54) is 0 Å². The van der Waals surface area contributed by atoms with E-state index in [2.05, 4.69) is 61.4 Å². The van der Waals surface area contributed by atoms with Crippen LogP contribution in [0.5, 0.6) is 0 Å². The lowest BCUT2D eigenvalue weighted by Gasteiger charge is -2.20. The molecule has 7 nitrogen and oxygen atoms in total. The SMILES string of the molecule is CC1(C)COC(CN(CC2=NC(C)(C)CO2)CC2=NC(C)(C)CO2)=N1. The molecule has 0 atom stereocenters. The van der Waals surface area contributed by atoms with Crippen molar-refractivity contribution in [3.05, 3.63) is 0 Å². The number of rotatable bonds is 6. The lowest BCUT2D eigenvalue weighted by atomic mass is 10.1. The Balaban J connectivity index is 1.70. The predicted octanol–water partition coefficient (Wildman–Crippen LogP) is 1.91. The van der Waals surface area contributed by atoms with E-state index in [0.717, 1.165) is 17.7 Å². The van der Waals surface area contributed by atoms with Gasteiger partial charge in [0, 0.05) is 0 Å². The molecule has 140 valence electrons. The average Bonchev–Trinajstić information content (AvgIpc) is 3.08. The summed E-state index contributed by atoms with van der Waals surface area (Å²) >= 11 is 0. The number of aliphatic imine (C=N–C) groups is 3. The van der Waals surface area contributed by atoms with Gasteiger partial charge in [-0.1, -0.05) is 0 Å². The maximum atomic E-state index is 5.76. The van der Waals surface area contributed by atoms with Gasteiger partial charge in [0.15, 0.2) is 17.7 Å². The van der Waals surface area contributed by atoms with Crippen LogP contribution >= 0.6 is 0 Å². The Kier molecular flexibility index (Phi) is 4.56. The lowest BCUT2D eigenvalue weighted by molar-refractivity contribution is 0.238. The van der Waals surface area contributed by atoms with Crippen molar-refractivity contribution < 1.29 is 14.2 Å². The summed E-state index contributed by atoms with van der Waals surface area (Å²) in [4.78, 5) is 16.1. The highest BCUT2D eigenvalue weighted by atomic mass is 16.5. The molecule has 25 heavy (non-hydrogen) atoms. The van der Waals surface area contributed by atoms with Gasteiger partial charge in [-0.3, -0.25) is 4.90 Å². The second kappa shape index (κ2) is 6.27. The van der Waals surface area contributed by atoms with Crippen molar-refractivity contribution >= 4 is 17.7 Å². The van der Waals surface area contributed by atoms with E-state index < -0.39 is 0 Å². The topological polar surface area (TPSA) is 68.0 Å². The molecule has 0 fully saturated rings. The lowest BCUT2D eigenvalue weighted by Crippen LogP contribution is -2.38. The number of ether oxygens (including phenoxy) is 3. The molecule has 0 aromatic carbocycles. The van der Waals surface area contributed by atoms with Crippen molar-refractivity contribution in [2.75, 3.05) is 39.5 Å². The summed E-state index contributed by atoms with van der Waals surface area (Å²) in [5, 5.41) is 0. The molecule has 0 unspecified atom stereocenters. The smallest absolute Gasteiger partial charge is 0.198 e. The molecule has 0 saturated carbocycles. The molecule has 0 aliphatic carbocycles. The first-order valence-corrected chi connectivity index (χ1v) is 8.89. The molecule has 3 rings (SSSR count). The first kappa shape index (κ1) is 18.2. The van der Waals surface area contributed by atoms with E-state index in [1.54, 1.807) is 0 Å². The highest BCUT2D eigenvalue weighted by Gasteiger charge is 2.32. The summed E-state index contributed by atoms with van der Waals surface area (Å²) < 4.78 is 17.3. The van der Waals surface area contributed by atoms with E-state index in [1.807, 2.05) is 0 Å². The second-order valence-corrected chi connectivity index (χ2v) is 8.97. The molecule has 0 spiro atoms. The van der Waals surface area contributed by atoms with Gasteiger partial charge in [0.2, 0.25) is 0 Å². The third-order valence-corrected chi connectivity index (χ3v) is 4.13. The van der Waals surface area contributed by atoms with Crippen LogP contribution in [0.4, 0.5) is 0 Å². The Labute approximate surface area is 150 Å². The third-order valence-electron chi connectivity index (χ3n) is 4.13. The van der Waals surface area contributed by atoms with E-state index in [-0.39, 0.29) is 16.6 Å². The summed E-state index contributed by atoms with van der Waals surface area (Å²) in [5.74, 6) is 2.25. The molecular weight excluding hydrogens is 320 g/mol. The van der Waals surface area contributed by atoms with Gasteiger partial charge in [-0.05, 0) is 41.5 Å². The molecule has 3 heterocycles. The molecule has 0 radical (unpaired) electrons. The minimum Gasteiger partial charge on any atom is -0.477 e. The highest BCUT2D eigenvalue weighted by Crippen LogP contribution is 2.21. The molecule has 3 aliphatic rings. The Morgan fingerprint density at radius 1 is 0.640 bits per heavy atom. The monoisotopic (exact) mass is 350 g/mol. The number of hydrogen-bond acceptors (Lipinski definition) is 7. The Morgan fingerprint density at radius 2 is 0.920 bits per heavy atom. The van der Waals surface area contributed by atoms with Crippen LogP contribution in [0.25, 0.3) is 0 Å². The molecule has 0 aromatic heterocycles. The Morgan fingerprint density at radius 3 is 1.12 bits per heavy atom. The van der Waals surface area contributed by atoms with Crippen LogP contribution in [-0.2, 0) is 14.2 Å². The van der Waals surface area contributed by atoms with Crippen LogP contribution < -0.4 is 0 Å². The third kappa shape index (κ3) is 4.93. The fourth-order valence-corrected chi connectivity index (χ4v) is 2.97. The normalized spacial score (nSPS) is 25.8. The van der Waals surface area contributed by atoms with Crippen molar-refractivity contribution in [3.63, 3.8) is 0 Å². The molecule has 0 saturated heterocycles. The van der Waals surface area contributed by atoms with Gasteiger partial charge in [0.25, 0.3) is 0 Å². The van der Waals surface area contributed by atoms with Crippen molar-refractivity contribution in [1.82, 2.24) is 4.90 Å². The van der Waals surface area contributed by atoms with Crippen LogP contribution in [-0.4, -0.2) is 78.7 Å². The van der Waals surface area contributed by atoms with E-state index in [4.69, 9.17) is 14.2 Å². The van der Waals surface area contributed by atoms with Gasteiger partial charge in [0.05, 0.1) is 36.3 Å². The largest absolute Gasteiger partial charge is 0.477 e. The molecule has 0 aromatic rings. The van der Waals surface area contributed by atoms with E-state index >= 15 is 0 Å². The van der Waals surface area contributed by atoms with Gasteiger partial charge in [0.1, 0.15) is 19.8 Å². The number of hydrogen-bond donors (Lipinski definition) is 0. The zero-order valence-corrected chi connectivity index (χ0v) is 16.3. The van der Waals surface area contributed by atoms with Crippen molar-refractivity contribution in [2.24, 2.45) is 15.0 Å². The van der Waals surface area contributed by atoms with Crippen molar-refractivity contribution in [2.45, 2.75) is 58.2 Å². The maximum absolute atomic E-state index is 5.76. The standard InChI is InChI=1S/C18H30N4O3/c1-16(2)10-23-13(19-16)7-22(8-14-20-17(3,4)11-24-14)9-15-21-18(5,6)12-25-15/h7-12H2,1-6H3. The van der Waals surface area contributed by atoms with Crippen LogP contribution in [0.2, 0.25) is 0 Å². The fraction of sp³-hybridized carbons (Fsp3) is 0.833.